The van der Waals surface area contributed by atoms with E-state index in [9.17, 15) is 0 Å². The average Bonchev–Trinajstić information content (AvgIpc) is 3.07. The van der Waals surface area contributed by atoms with Crippen molar-refractivity contribution >= 4 is 5.65 Å². The van der Waals surface area contributed by atoms with E-state index in [1.165, 1.54) is 0 Å². The molecule has 0 amide bonds. The molecule has 0 spiro atoms. The Morgan fingerprint density at radius 2 is 1.70 bits per heavy atom. The first-order valence-corrected chi connectivity index (χ1v) is 7.29. The van der Waals surface area contributed by atoms with Crippen molar-refractivity contribution in [1.82, 2.24) is 19.4 Å². The number of nitrogens with zero attached hydrogens (tertiary/aromatic N) is 4. The smallest absolute Gasteiger partial charge is 0.321 e. The van der Waals surface area contributed by atoms with Gasteiger partial charge in [-0.3, -0.25) is 0 Å². The predicted octanol–water partition coefficient (Wildman–Crippen LogP) is 3.89. The van der Waals surface area contributed by atoms with Crippen molar-refractivity contribution in [2.75, 3.05) is 0 Å². The van der Waals surface area contributed by atoms with Gasteiger partial charge >= 0.3 is 6.01 Å². The molecule has 0 unspecified atom stereocenters. The number of imidazole rings is 1. The number of pyridine rings is 1. The Morgan fingerprint density at radius 3 is 2.48 bits per heavy atom. The number of hydrogen-bond donors (Lipinski definition) is 0. The van der Waals surface area contributed by atoms with Crippen LogP contribution in [0.1, 0.15) is 5.69 Å². The van der Waals surface area contributed by atoms with Crippen LogP contribution in [-0.4, -0.2) is 19.4 Å². The topological polar surface area (TPSA) is 52.3 Å². The maximum Gasteiger partial charge on any atom is 0.321 e. The number of aryl methyl sites for hydroxylation is 1. The molecule has 5 heteroatoms. The van der Waals surface area contributed by atoms with Crippen LogP contribution in [0.25, 0.3) is 16.8 Å². The van der Waals surface area contributed by atoms with Gasteiger partial charge in [0, 0.05) is 41.6 Å². The van der Waals surface area contributed by atoms with Crippen LogP contribution in [0.4, 0.5) is 0 Å². The van der Waals surface area contributed by atoms with Gasteiger partial charge in [0.2, 0.25) is 0 Å². The van der Waals surface area contributed by atoms with Crippen molar-refractivity contribution in [2.45, 2.75) is 6.92 Å². The van der Waals surface area contributed by atoms with E-state index in [1.54, 1.807) is 18.6 Å². The minimum absolute atomic E-state index is 0.335. The zero-order valence-electron chi connectivity index (χ0n) is 12.5. The lowest BCUT2D eigenvalue weighted by atomic mass is 10.1. The number of ether oxygens (including phenoxy) is 1. The van der Waals surface area contributed by atoms with Crippen molar-refractivity contribution in [3.05, 3.63) is 72.9 Å². The molecule has 112 valence electrons. The SMILES string of the molecule is Cc1c(-c2cnc(Oc3ccccc3)nc2)ccc2nccn12. The van der Waals surface area contributed by atoms with Crippen molar-refractivity contribution in [1.29, 1.82) is 0 Å². The third-order valence-corrected chi connectivity index (χ3v) is 3.71. The fourth-order valence-corrected chi connectivity index (χ4v) is 2.54. The van der Waals surface area contributed by atoms with Gasteiger partial charge in [-0.05, 0) is 31.2 Å². The zero-order valence-corrected chi connectivity index (χ0v) is 12.5. The highest BCUT2D eigenvalue weighted by Gasteiger charge is 2.08. The van der Waals surface area contributed by atoms with Crippen LogP contribution < -0.4 is 4.74 Å². The number of hydrogen-bond acceptors (Lipinski definition) is 4. The van der Waals surface area contributed by atoms with Gasteiger partial charge in [0.25, 0.3) is 0 Å². The Hall–Kier alpha value is -3.21. The second kappa shape index (κ2) is 5.53. The Morgan fingerprint density at radius 1 is 0.913 bits per heavy atom. The lowest BCUT2D eigenvalue weighted by Gasteiger charge is -2.09. The number of aromatic nitrogens is 4. The summed E-state index contributed by atoms with van der Waals surface area (Å²) in [5.74, 6) is 0.719. The number of para-hydroxylation sites is 1. The molecule has 4 aromatic rings. The summed E-state index contributed by atoms with van der Waals surface area (Å²) < 4.78 is 7.67. The molecule has 0 aliphatic heterocycles. The molecule has 3 heterocycles. The zero-order chi connectivity index (χ0) is 15.6. The van der Waals surface area contributed by atoms with Gasteiger partial charge in [-0.1, -0.05) is 18.2 Å². The number of benzene rings is 1. The van der Waals surface area contributed by atoms with E-state index in [0.717, 1.165) is 28.2 Å². The van der Waals surface area contributed by atoms with Crippen molar-refractivity contribution in [3.63, 3.8) is 0 Å². The lowest BCUT2D eigenvalue weighted by Crippen LogP contribution is -1.96. The lowest BCUT2D eigenvalue weighted by molar-refractivity contribution is 0.442. The largest absolute Gasteiger partial charge is 0.424 e. The summed E-state index contributed by atoms with van der Waals surface area (Å²) in [6, 6.07) is 13.8. The number of fused-ring (bicyclic) bond motifs is 1. The molecule has 1 aromatic carbocycles. The molecule has 5 nitrogen and oxygen atoms in total. The van der Waals surface area contributed by atoms with E-state index >= 15 is 0 Å². The average molecular weight is 302 g/mol. The molecule has 0 fully saturated rings. The molecular weight excluding hydrogens is 288 g/mol. The highest BCUT2D eigenvalue weighted by Crippen LogP contribution is 2.24. The Kier molecular flexibility index (Phi) is 3.24. The Bertz CT molecular complexity index is 946. The second-order valence-electron chi connectivity index (χ2n) is 5.16. The molecule has 0 atom stereocenters. The molecule has 3 aromatic heterocycles. The van der Waals surface area contributed by atoms with Gasteiger partial charge in [0.1, 0.15) is 11.4 Å². The van der Waals surface area contributed by atoms with Crippen LogP contribution in [-0.2, 0) is 0 Å². The molecule has 0 saturated heterocycles. The quantitative estimate of drug-likeness (QED) is 0.576. The standard InChI is InChI=1S/C18H14N4O/c1-13-16(7-8-17-19-9-10-22(13)17)14-11-20-18(21-12-14)23-15-5-3-2-4-6-15/h2-12H,1H3. The number of rotatable bonds is 3. The predicted molar refractivity (Wildman–Crippen MR) is 87.5 cm³/mol. The molecule has 0 radical (unpaired) electrons. The highest BCUT2D eigenvalue weighted by molar-refractivity contribution is 5.66. The summed E-state index contributed by atoms with van der Waals surface area (Å²) in [6.45, 7) is 2.05. The molecule has 0 aliphatic rings. The summed E-state index contributed by atoms with van der Waals surface area (Å²) in [5, 5.41) is 0. The van der Waals surface area contributed by atoms with E-state index in [0.29, 0.717) is 6.01 Å². The van der Waals surface area contributed by atoms with Crippen LogP contribution in [0.15, 0.2) is 67.3 Å². The molecule has 0 aliphatic carbocycles. The van der Waals surface area contributed by atoms with Gasteiger partial charge in [0.05, 0.1) is 0 Å². The normalized spacial score (nSPS) is 10.8. The fraction of sp³-hybridized carbons (Fsp3) is 0.0556. The van der Waals surface area contributed by atoms with Crippen LogP contribution in [0.5, 0.6) is 11.8 Å². The summed E-state index contributed by atoms with van der Waals surface area (Å²) in [4.78, 5) is 12.9. The van der Waals surface area contributed by atoms with Gasteiger partial charge in [-0.25, -0.2) is 15.0 Å². The Balaban J connectivity index is 1.65. The summed E-state index contributed by atoms with van der Waals surface area (Å²) in [5.41, 5.74) is 4.04. The third kappa shape index (κ3) is 2.53. The second-order valence-corrected chi connectivity index (χ2v) is 5.16. The van der Waals surface area contributed by atoms with Crippen LogP contribution in [0.2, 0.25) is 0 Å². The minimum Gasteiger partial charge on any atom is -0.424 e. The van der Waals surface area contributed by atoms with Crippen LogP contribution in [0.3, 0.4) is 0 Å². The molecular formula is C18H14N4O. The first-order valence-electron chi connectivity index (χ1n) is 7.29. The molecule has 4 rings (SSSR count). The van der Waals surface area contributed by atoms with Crippen LogP contribution >= 0.6 is 0 Å². The first kappa shape index (κ1) is 13.5. The summed E-state index contributed by atoms with van der Waals surface area (Å²) in [7, 11) is 0. The van der Waals surface area contributed by atoms with Gasteiger partial charge in [-0.2, -0.15) is 0 Å². The summed E-state index contributed by atoms with van der Waals surface area (Å²) >= 11 is 0. The van der Waals surface area contributed by atoms with E-state index in [1.807, 2.05) is 53.1 Å². The van der Waals surface area contributed by atoms with Crippen molar-refractivity contribution in [2.24, 2.45) is 0 Å². The van der Waals surface area contributed by atoms with E-state index in [-0.39, 0.29) is 0 Å². The van der Waals surface area contributed by atoms with Gasteiger partial charge < -0.3 is 9.14 Å². The van der Waals surface area contributed by atoms with E-state index in [4.69, 9.17) is 4.74 Å². The monoisotopic (exact) mass is 302 g/mol. The molecule has 23 heavy (non-hydrogen) atoms. The molecule has 0 N–H and O–H groups in total. The highest BCUT2D eigenvalue weighted by atomic mass is 16.5. The third-order valence-electron chi connectivity index (χ3n) is 3.71. The minimum atomic E-state index is 0.335. The maximum atomic E-state index is 5.62. The van der Waals surface area contributed by atoms with E-state index < -0.39 is 0 Å². The maximum absolute atomic E-state index is 5.62. The van der Waals surface area contributed by atoms with Gasteiger partial charge in [0.15, 0.2) is 0 Å². The van der Waals surface area contributed by atoms with E-state index in [2.05, 4.69) is 21.9 Å². The first-order chi connectivity index (χ1) is 11.3. The summed E-state index contributed by atoms with van der Waals surface area (Å²) in [6.07, 6.45) is 7.29. The molecule has 0 saturated carbocycles. The fourth-order valence-electron chi connectivity index (χ4n) is 2.54. The molecule has 0 bridgehead atoms. The Labute approximate surface area is 133 Å². The van der Waals surface area contributed by atoms with Crippen LogP contribution in [0, 0.1) is 6.92 Å². The van der Waals surface area contributed by atoms with Crippen molar-refractivity contribution in [3.8, 4) is 22.9 Å². The van der Waals surface area contributed by atoms with Crippen molar-refractivity contribution < 1.29 is 4.74 Å². The van der Waals surface area contributed by atoms with Gasteiger partial charge in [-0.15, -0.1) is 0 Å².